The molecule has 8 heteroatoms. The van der Waals surface area contributed by atoms with E-state index in [1.807, 2.05) is 0 Å². The molecule has 1 aromatic carbocycles. The number of unbranched alkanes of at least 4 members (excludes halogenated alkanes) is 5. The number of hydrogen-bond donors (Lipinski definition) is 0. The van der Waals surface area contributed by atoms with Gasteiger partial charge in [-0.2, -0.15) is 0 Å². The Labute approximate surface area is 146 Å². The van der Waals surface area contributed by atoms with Crippen molar-refractivity contribution in [3.63, 3.8) is 0 Å². The number of halogens is 6. The van der Waals surface area contributed by atoms with Gasteiger partial charge in [0.05, 0.1) is 20.6 Å². The van der Waals surface area contributed by atoms with Gasteiger partial charge in [0.25, 0.3) is 0 Å². The zero-order valence-electron chi connectivity index (χ0n) is 15.2. The molecular formula is C17H30F6NP. The van der Waals surface area contributed by atoms with Gasteiger partial charge in [-0.3, -0.25) is 0 Å². The fraction of sp³-hybridized carbons (Fsp3) is 0.647. The Balaban J connectivity index is 0.000000697. The molecule has 0 spiro atoms. The van der Waals surface area contributed by atoms with E-state index < -0.39 is 7.81 Å². The molecule has 0 bridgehead atoms. The Kier molecular flexibility index (Phi) is 8.44. The molecule has 0 heterocycles. The average molecular weight is 393 g/mol. The molecule has 0 atom stereocenters. The number of rotatable bonds is 9. The summed E-state index contributed by atoms with van der Waals surface area (Å²) in [5.41, 5.74) is 1.45. The van der Waals surface area contributed by atoms with Crippen LogP contribution in [0.3, 0.4) is 0 Å². The minimum absolute atomic E-state index is 1.11. The topological polar surface area (TPSA) is 0 Å². The van der Waals surface area contributed by atoms with Crippen LogP contribution in [0.5, 0.6) is 0 Å². The summed E-state index contributed by atoms with van der Waals surface area (Å²) in [7, 11) is -5.96. The van der Waals surface area contributed by atoms with Gasteiger partial charge >= 0.3 is 33.0 Å². The number of nitrogens with zero attached hydrogens (tertiary/aromatic N) is 1. The zero-order chi connectivity index (χ0) is 19.7. The van der Waals surface area contributed by atoms with Gasteiger partial charge in [0.2, 0.25) is 0 Å². The molecule has 0 N–H and O–H groups in total. The van der Waals surface area contributed by atoms with Crippen LogP contribution in [0.15, 0.2) is 30.3 Å². The summed E-state index contributed by atoms with van der Waals surface area (Å²) < 4.78 is 60.3. The summed E-state index contributed by atoms with van der Waals surface area (Å²) in [5, 5.41) is 0. The standard InChI is InChI=1S/C17H30N.F6P/c1-4-5-6-7-8-12-15-18(2,3)16-17-13-10-9-11-14-17;1-7(2,3,4,5)6/h9-11,13-14H,4-8,12,15-16H2,1-3H3;/q+1;-1. The van der Waals surface area contributed by atoms with Crippen LogP contribution in [0, 0.1) is 0 Å². The Morgan fingerprint density at radius 2 is 1.20 bits per heavy atom. The number of hydrogen-bond acceptors (Lipinski definition) is 0. The van der Waals surface area contributed by atoms with Crippen molar-refractivity contribution in [1.29, 1.82) is 0 Å². The fourth-order valence-electron chi connectivity index (χ4n) is 2.48. The van der Waals surface area contributed by atoms with Crippen molar-refractivity contribution in [1.82, 2.24) is 0 Å². The quantitative estimate of drug-likeness (QED) is 0.172. The van der Waals surface area contributed by atoms with E-state index in [-0.39, 0.29) is 0 Å². The second kappa shape index (κ2) is 8.72. The zero-order valence-corrected chi connectivity index (χ0v) is 16.1. The van der Waals surface area contributed by atoms with Crippen LogP contribution >= 0.6 is 7.81 Å². The van der Waals surface area contributed by atoms with Crippen molar-refractivity contribution in [3.8, 4) is 0 Å². The normalized spacial score (nSPS) is 14.9. The van der Waals surface area contributed by atoms with Gasteiger partial charge in [0.15, 0.2) is 0 Å². The molecule has 0 aliphatic rings. The molecule has 0 saturated heterocycles. The molecule has 0 fully saturated rings. The molecule has 0 unspecified atom stereocenters. The summed E-state index contributed by atoms with van der Waals surface area (Å²) in [5.74, 6) is 0. The Hall–Kier alpha value is -0.810. The van der Waals surface area contributed by atoms with Crippen LogP contribution in [0.2, 0.25) is 0 Å². The van der Waals surface area contributed by atoms with Gasteiger partial charge in [-0.25, -0.2) is 0 Å². The van der Waals surface area contributed by atoms with E-state index in [4.69, 9.17) is 0 Å². The molecule has 1 nitrogen and oxygen atoms in total. The molecule has 0 amide bonds. The van der Waals surface area contributed by atoms with Crippen LogP contribution in [-0.4, -0.2) is 25.1 Å². The molecule has 150 valence electrons. The van der Waals surface area contributed by atoms with Gasteiger partial charge < -0.3 is 4.48 Å². The molecule has 0 saturated carbocycles. The molecule has 1 aromatic rings. The van der Waals surface area contributed by atoms with E-state index in [1.165, 1.54) is 50.6 Å². The Morgan fingerprint density at radius 1 is 0.760 bits per heavy atom. The first-order chi connectivity index (χ1) is 11.1. The van der Waals surface area contributed by atoms with E-state index >= 15 is 0 Å². The number of benzene rings is 1. The van der Waals surface area contributed by atoms with Crippen molar-refractivity contribution in [2.24, 2.45) is 0 Å². The molecule has 0 aliphatic carbocycles. The van der Waals surface area contributed by atoms with Gasteiger partial charge in [-0.05, 0) is 12.8 Å². The molecule has 0 radical (unpaired) electrons. The second-order valence-electron chi connectivity index (χ2n) is 7.03. The molecule has 1 rings (SSSR count). The van der Waals surface area contributed by atoms with E-state index in [0.717, 1.165) is 11.0 Å². The van der Waals surface area contributed by atoms with Crippen LogP contribution < -0.4 is 0 Å². The van der Waals surface area contributed by atoms with E-state index in [2.05, 4.69) is 51.4 Å². The summed E-state index contributed by atoms with van der Waals surface area (Å²) >= 11 is 0. The van der Waals surface area contributed by atoms with Crippen molar-refractivity contribution in [3.05, 3.63) is 35.9 Å². The van der Waals surface area contributed by atoms with E-state index in [9.17, 15) is 25.2 Å². The third-order valence-electron chi connectivity index (χ3n) is 3.57. The van der Waals surface area contributed by atoms with Gasteiger partial charge in [-0.1, -0.05) is 62.9 Å². The van der Waals surface area contributed by atoms with Gasteiger partial charge in [-0.15, -0.1) is 0 Å². The predicted octanol–water partition coefficient (Wildman–Crippen LogP) is 8.01. The van der Waals surface area contributed by atoms with Gasteiger partial charge in [0.1, 0.15) is 6.54 Å². The Bertz CT molecular complexity index is 473. The van der Waals surface area contributed by atoms with Crippen molar-refractivity contribution >= 4 is 7.81 Å². The van der Waals surface area contributed by atoms with Crippen LogP contribution in [0.25, 0.3) is 0 Å². The third kappa shape index (κ3) is 23.2. The summed E-state index contributed by atoms with van der Waals surface area (Å²) in [4.78, 5) is 0. The first kappa shape index (κ1) is 24.2. The van der Waals surface area contributed by atoms with Crippen molar-refractivity contribution < 1.29 is 29.7 Å². The van der Waals surface area contributed by atoms with E-state index in [1.54, 1.807) is 0 Å². The molecule has 0 aromatic heterocycles. The molecular weight excluding hydrogens is 363 g/mol. The minimum atomic E-state index is -10.7. The first-order valence-corrected chi connectivity index (χ1v) is 10.5. The maximum atomic E-state index is 9.87. The number of quaternary nitrogens is 1. The average Bonchev–Trinajstić information content (AvgIpc) is 2.40. The maximum absolute atomic E-state index is 10.7. The Morgan fingerprint density at radius 3 is 1.68 bits per heavy atom. The first-order valence-electron chi connectivity index (χ1n) is 8.51. The van der Waals surface area contributed by atoms with Crippen molar-refractivity contribution in [2.75, 3.05) is 20.6 Å². The monoisotopic (exact) mass is 393 g/mol. The predicted molar refractivity (Wildman–Crippen MR) is 94.1 cm³/mol. The van der Waals surface area contributed by atoms with Gasteiger partial charge in [0, 0.05) is 5.56 Å². The second-order valence-corrected chi connectivity index (χ2v) is 8.95. The van der Waals surface area contributed by atoms with Crippen LogP contribution in [0.4, 0.5) is 25.2 Å². The third-order valence-corrected chi connectivity index (χ3v) is 3.57. The fourth-order valence-corrected chi connectivity index (χ4v) is 2.48. The summed E-state index contributed by atoms with van der Waals surface area (Å²) in [6.07, 6.45) is 8.35. The van der Waals surface area contributed by atoms with Crippen LogP contribution in [0.1, 0.15) is 51.0 Å². The van der Waals surface area contributed by atoms with Crippen molar-refractivity contribution in [2.45, 2.75) is 52.0 Å². The molecule has 0 aliphatic heterocycles. The SMILES string of the molecule is CCCCCCCC[N+](C)(C)Cc1ccccc1.F[P-](F)(F)(F)(F)F. The van der Waals surface area contributed by atoms with Crippen LogP contribution in [-0.2, 0) is 6.54 Å². The van der Waals surface area contributed by atoms with E-state index in [0.29, 0.717) is 0 Å². The summed E-state index contributed by atoms with van der Waals surface area (Å²) in [6.45, 7) is 4.72. The summed E-state index contributed by atoms with van der Waals surface area (Å²) in [6, 6.07) is 10.8. The molecule has 25 heavy (non-hydrogen) atoms.